The second-order valence-corrected chi connectivity index (χ2v) is 11.0. The van der Waals surface area contributed by atoms with Crippen molar-refractivity contribution in [1.82, 2.24) is 23.6 Å². The maximum Gasteiger partial charge on any atom is 0.243 e. The van der Waals surface area contributed by atoms with Gasteiger partial charge in [0.1, 0.15) is 0 Å². The average Bonchev–Trinajstić information content (AvgIpc) is 3.24. The van der Waals surface area contributed by atoms with Crippen LogP contribution in [0, 0.1) is 13.8 Å². The molecule has 0 saturated carbocycles. The lowest BCUT2D eigenvalue weighted by Crippen LogP contribution is -2.30. The van der Waals surface area contributed by atoms with E-state index >= 15 is 0 Å². The molecule has 1 amide bonds. The Morgan fingerprint density at radius 1 is 1.21 bits per heavy atom. The van der Waals surface area contributed by atoms with Crippen molar-refractivity contribution in [2.24, 2.45) is 7.05 Å². The van der Waals surface area contributed by atoms with Gasteiger partial charge in [-0.25, -0.2) is 13.4 Å². The van der Waals surface area contributed by atoms with Gasteiger partial charge >= 0.3 is 0 Å². The molecule has 0 aliphatic rings. The number of carbonyl (C=O) groups is 1. The number of amides is 1. The fraction of sp³-hybridized carbons (Fsp3) is 0.500. The third-order valence-corrected chi connectivity index (χ3v) is 8.89. The molecule has 0 aliphatic heterocycles. The SMILES string of the molecule is CCN(CC)S(=O)(=O)c1ccc2c(c1)nc(SC(C)C(=O)Nc1c(C)nn(C)c1C)n2CC. The molecule has 0 spiro atoms. The summed E-state index contributed by atoms with van der Waals surface area (Å²) in [7, 11) is -1.73. The molecule has 1 unspecified atom stereocenters. The van der Waals surface area contributed by atoms with Gasteiger partial charge in [0.2, 0.25) is 15.9 Å². The van der Waals surface area contributed by atoms with E-state index in [-0.39, 0.29) is 10.8 Å². The van der Waals surface area contributed by atoms with Crippen LogP contribution in [0.4, 0.5) is 5.69 Å². The molecule has 0 radical (unpaired) electrons. The lowest BCUT2D eigenvalue weighted by atomic mass is 10.3. The van der Waals surface area contributed by atoms with E-state index in [1.807, 2.05) is 53.2 Å². The van der Waals surface area contributed by atoms with Crippen LogP contribution >= 0.6 is 11.8 Å². The molecule has 9 nitrogen and oxygen atoms in total. The number of hydrogen-bond acceptors (Lipinski definition) is 6. The van der Waals surface area contributed by atoms with E-state index in [0.717, 1.165) is 22.6 Å². The summed E-state index contributed by atoms with van der Waals surface area (Å²) in [5.41, 5.74) is 3.82. The predicted molar refractivity (Wildman–Crippen MR) is 132 cm³/mol. The van der Waals surface area contributed by atoms with Crippen molar-refractivity contribution in [2.75, 3.05) is 18.4 Å². The Kier molecular flexibility index (Phi) is 7.55. The second-order valence-electron chi connectivity index (χ2n) is 7.80. The number of thioether (sulfide) groups is 1. The quantitative estimate of drug-likeness (QED) is 0.458. The zero-order chi connectivity index (χ0) is 24.5. The Labute approximate surface area is 199 Å². The predicted octanol–water partition coefficient (Wildman–Crippen LogP) is 3.56. The van der Waals surface area contributed by atoms with Crippen molar-refractivity contribution in [2.45, 2.75) is 63.4 Å². The molecule has 11 heteroatoms. The number of aromatic nitrogens is 4. The van der Waals surface area contributed by atoms with Crippen LogP contribution < -0.4 is 5.32 Å². The van der Waals surface area contributed by atoms with Gasteiger partial charge in [0.25, 0.3) is 0 Å². The number of rotatable bonds is 9. The third kappa shape index (κ3) is 4.80. The minimum atomic E-state index is -3.58. The summed E-state index contributed by atoms with van der Waals surface area (Å²) >= 11 is 1.35. The monoisotopic (exact) mass is 492 g/mol. The van der Waals surface area contributed by atoms with Gasteiger partial charge in [-0.1, -0.05) is 25.6 Å². The highest BCUT2D eigenvalue weighted by atomic mass is 32.2. The van der Waals surface area contributed by atoms with Crippen LogP contribution in [0.3, 0.4) is 0 Å². The Hall–Kier alpha value is -2.37. The van der Waals surface area contributed by atoms with Crippen LogP contribution in [0.1, 0.15) is 39.1 Å². The Morgan fingerprint density at radius 3 is 2.42 bits per heavy atom. The van der Waals surface area contributed by atoms with Gasteiger partial charge in [0, 0.05) is 26.7 Å². The van der Waals surface area contributed by atoms with E-state index in [2.05, 4.69) is 15.4 Å². The van der Waals surface area contributed by atoms with Gasteiger partial charge in [-0.05, 0) is 45.9 Å². The van der Waals surface area contributed by atoms with Gasteiger partial charge in [-0.15, -0.1) is 0 Å². The molecule has 0 bridgehead atoms. The molecule has 0 fully saturated rings. The summed E-state index contributed by atoms with van der Waals surface area (Å²) in [5, 5.41) is 7.58. The molecule has 1 atom stereocenters. The molecular formula is C22H32N6O3S2. The van der Waals surface area contributed by atoms with Crippen molar-refractivity contribution in [3.05, 3.63) is 29.6 Å². The van der Waals surface area contributed by atoms with Crippen LogP contribution in [-0.4, -0.2) is 56.3 Å². The van der Waals surface area contributed by atoms with E-state index in [1.54, 1.807) is 22.9 Å². The van der Waals surface area contributed by atoms with Gasteiger partial charge < -0.3 is 9.88 Å². The number of nitrogens with one attached hydrogen (secondary N) is 1. The maximum absolute atomic E-state index is 12.9. The standard InChI is InChI=1S/C22H32N6O3S2/c1-8-27(9-2)33(30,31)17-11-12-19-18(13-17)23-22(28(19)10-3)32-16(6)21(29)24-20-14(4)25-26(7)15(20)5/h11-13,16H,8-10H2,1-7H3,(H,24,29). The number of hydrogen-bond donors (Lipinski definition) is 1. The molecule has 0 aliphatic carbocycles. The molecular weight excluding hydrogens is 460 g/mol. The molecule has 33 heavy (non-hydrogen) atoms. The van der Waals surface area contributed by atoms with Crippen molar-refractivity contribution < 1.29 is 13.2 Å². The number of sulfonamides is 1. The van der Waals surface area contributed by atoms with Crippen molar-refractivity contribution in [3.8, 4) is 0 Å². The van der Waals surface area contributed by atoms with Crippen LogP contribution in [0.2, 0.25) is 0 Å². The Balaban J connectivity index is 1.89. The van der Waals surface area contributed by atoms with E-state index in [9.17, 15) is 13.2 Å². The Bertz CT molecular complexity index is 1280. The van der Waals surface area contributed by atoms with Gasteiger partial charge in [0.15, 0.2) is 5.16 Å². The molecule has 2 aromatic heterocycles. The molecule has 1 N–H and O–H groups in total. The fourth-order valence-corrected chi connectivity index (χ4v) is 6.21. The molecule has 3 rings (SSSR count). The molecule has 180 valence electrons. The van der Waals surface area contributed by atoms with E-state index in [4.69, 9.17) is 0 Å². The number of benzene rings is 1. The summed E-state index contributed by atoms with van der Waals surface area (Å²) < 4.78 is 31.0. The second kappa shape index (κ2) is 9.86. The summed E-state index contributed by atoms with van der Waals surface area (Å²) in [5.74, 6) is -0.140. The van der Waals surface area contributed by atoms with Crippen LogP contribution in [0.15, 0.2) is 28.3 Å². The first-order chi connectivity index (χ1) is 15.5. The highest BCUT2D eigenvalue weighted by Crippen LogP contribution is 2.30. The number of aryl methyl sites for hydroxylation is 3. The average molecular weight is 493 g/mol. The topological polar surface area (TPSA) is 102 Å². The molecule has 2 heterocycles. The molecule has 0 saturated heterocycles. The van der Waals surface area contributed by atoms with Crippen molar-refractivity contribution >= 4 is 44.4 Å². The number of nitrogens with zero attached hydrogens (tertiary/aromatic N) is 5. The summed E-state index contributed by atoms with van der Waals surface area (Å²) in [6.45, 7) is 12.7. The number of anilines is 1. The number of imidazole rings is 1. The Morgan fingerprint density at radius 2 is 1.88 bits per heavy atom. The highest BCUT2D eigenvalue weighted by Gasteiger charge is 2.25. The van der Waals surface area contributed by atoms with Crippen LogP contribution in [-0.2, 0) is 28.4 Å². The molecule has 1 aromatic carbocycles. The van der Waals surface area contributed by atoms with Gasteiger partial charge in [-0.2, -0.15) is 9.40 Å². The van der Waals surface area contributed by atoms with E-state index in [0.29, 0.717) is 30.3 Å². The fourth-order valence-electron chi connectivity index (χ4n) is 3.75. The summed E-state index contributed by atoms with van der Waals surface area (Å²) in [6.07, 6.45) is 0. The highest BCUT2D eigenvalue weighted by molar-refractivity contribution is 8.00. The normalized spacial score (nSPS) is 13.1. The number of fused-ring (bicyclic) bond motifs is 1. The van der Waals surface area contributed by atoms with E-state index < -0.39 is 15.3 Å². The number of carbonyl (C=O) groups excluding carboxylic acids is 1. The first-order valence-corrected chi connectivity index (χ1v) is 13.3. The largest absolute Gasteiger partial charge is 0.322 e. The van der Waals surface area contributed by atoms with Crippen molar-refractivity contribution in [1.29, 1.82) is 0 Å². The maximum atomic E-state index is 12.9. The minimum Gasteiger partial charge on any atom is -0.322 e. The van der Waals surface area contributed by atoms with Gasteiger partial charge in [-0.3, -0.25) is 9.48 Å². The summed E-state index contributed by atoms with van der Waals surface area (Å²) in [6, 6.07) is 5.04. The first-order valence-electron chi connectivity index (χ1n) is 11.0. The lowest BCUT2D eigenvalue weighted by molar-refractivity contribution is -0.115. The van der Waals surface area contributed by atoms with Crippen LogP contribution in [0.25, 0.3) is 11.0 Å². The van der Waals surface area contributed by atoms with Gasteiger partial charge in [0.05, 0.1) is 38.3 Å². The van der Waals surface area contributed by atoms with Crippen molar-refractivity contribution in [3.63, 3.8) is 0 Å². The lowest BCUT2D eigenvalue weighted by Gasteiger charge is -2.18. The molecule has 3 aromatic rings. The summed E-state index contributed by atoms with van der Waals surface area (Å²) in [4.78, 5) is 17.8. The third-order valence-electron chi connectivity index (χ3n) is 5.75. The van der Waals surface area contributed by atoms with E-state index in [1.165, 1.54) is 16.1 Å². The zero-order valence-corrected chi connectivity index (χ0v) is 21.8. The van der Waals surface area contributed by atoms with Crippen LogP contribution in [0.5, 0.6) is 0 Å². The zero-order valence-electron chi connectivity index (χ0n) is 20.2. The smallest absolute Gasteiger partial charge is 0.243 e. The first kappa shape index (κ1) is 25.3. The minimum absolute atomic E-state index is 0.140.